The van der Waals surface area contributed by atoms with Gasteiger partial charge in [-0.05, 0) is 54.4 Å². The number of hydrogen-bond acceptors (Lipinski definition) is 4. The largest absolute Gasteiger partial charge is 0.591 e. The molecule has 1 saturated heterocycles. The first kappa shape index (κ1) is 20.2. The zero-order valence-electron chi connectivity index (χ0n) is 15.0. The smallest absolute Gasteiger partial charge is 0.410 e. The van der Waals surface area contributed by atoms with Gasteiger partial charge in [0.25, 0.3) is 0 Å². The Kier molecular flexibility index (Phi) is 6.49. The van der Waals surface area contributed by atoms with Crippen molar-refractivity contribution < 1.29 is 18.5 Å². The van der Waals surface area contributed by atoms with Crippen LogP contribution >= 0.6 is 0 Å². The highest BCUT2D eigenvalue weighted by Gasteiger charge is 2.37. The van der Waals surface area contributed by atoms with E-state index in [1.165, 1.54) is 6.21 Å². The van der Waals surface area contributed by atoms with E-state index in [1.807, 2.05) is 41.5 Å². The van der Waals surface area contributed by atoms with E-state index in [0.29, 0.717) is 25.9 Å². The first-order chi connectivity index (χ1) is 10.4. The number of carbonyl (C=O) groups is 1. The molecular formula is C16H29FN2O3S. The summed E-state index contributed by atoms with van der Waals surface area (Å²) in [6, 6.07) is 0. The van der Waals surface area contributed by atoms with Crippen LogP contribution in [-0.4, -0.2) is 51.9 Å². The van der Waals surface area contributed by atoms with Crippen LogP contribution in [0, 0.1) is 5.41 Å². The molecule has 0 saturated carbocycles. The minimum Gasteiger partial charge on any atom is -0.591 e. The molecule has 134 valence electrons. The second-order valence-electron chi connectivity index (χ2n) is 8.06. The zero-order chi connectivity index (χ0) is 17.9. The van der Waals surface area contributed by atoms with Gasteiger partial charge in [0, 0.05) is 18.5 Å². The number of carbonyl (C=O) groups excluding carboxylic acids is 1. The molecule has 5 nitrogen and oxygen atoms in total. The summed E-state index contributed by atoms with van der Waals surface area (Å²) >= 11 is -1.40. The summed E-state index contributed by atoms with van der Waals surface area (Å²) in [5.41, 5.74) is -1.28. The van der Waals surface area contributed by atoms with Gasteiger partial charge in [-0.2, -0.15) is 0 Å². The van der Waals surface area contributed by atoms with Crippen molar-refractivity contribution in [1.29, 1.82) is 0 Å². The van der Waals surface area contributed by atoms with Crippen molar-refractivity contribution in [2.24, 2.45) is 9.81 Å². The maximum atomic E-state index is 13.6. The minimum absolute atomic E-state index is 0.375. The normalized spacial score (nSPS) is 20.6. The van der Waals surface area contributed by atoms with E-state index < -0.39 is 33.8 Å². The van der Waals surface area contributed by atoms with Crippen LogP contribution in [-0.2, 0) is 16.1 Å². The third-order valence-corrected chi connectivity index (χ3v) is 4.97. The standard InChI is InChI=1S/C16H29FN2O3S/c1-14(2,3)22-13(20)19-9-7-16(11-17,8-10-19)12-18-23(21)15(4,5)6/h12H,7-11H2,1-6H3/b18-12+. The second-order valence-corrected chi connectivity index (χ2v) is 9.99. The molecule has 0 bridgehead atoms. The minimum atomic E-state index is -1.40. The lowest BCUT2D eigenvalue weighted by Crippen LogP contribution is -2.46. The van der Waals surface area contributed by atoms with Gasteiger partial charge in [-0.25, -0.2) is 4.79 Å². The molecule has 0 radical (unpaired) electrons. The van der Waals surface area contributed by atoms with Crippen LogP contribution in [0.15, 0.2) is 4.40 Å². The average Bonchev–Trinajstić information content (AvgIpc) is 2.42. The zero-order valence-corrected chi connectivity index (χ0v) is 15.8. The number of alkyl halides is 1. The van der Waals surface area contributed by atoms with Crippen LogP contribution in [0.5, 0.6) is 0 Å². The van der Waals surface area contributed by atoms with Crippen molar-refractivity contribution in [1.82, 2.24) is 4.90 Å². The van der Waals surface area contributed by atoms with Crippen LogP contribution < -0.4 is 0 Å². The maximum Gasteiger partial charge on any atom is 0.410 e. The van der Waals surface area contributed by atoms with E-state index in [2.05, 4.69) is 4.40 Å². The first-order valence-corrected chi connectivity index (χ1v) is 9.00. The fourth-order valence-electron chi connectivity index (χ4n) is 2.08. The number of rotatable bonds is 3. The van der Waals surface area contributed by atoms with Gasteiger partial charge in [0.2, 0.25) is 0 Å². The molecule has 1 fully saturated rings. The molecule has 7 heteroatoms. The van der Waals surface area contributed by atoms with Gasteiger partial charge in [-0.1, -0.05) is 4.40 Å². The average molecular weight is 348 g/mol. The van der Waals surface area contributed by atoms with E-state index in [4.69, 9.17) is 4.74 Å². The SMILES string of the molecule is CC(C)(C)OC(=O)N1CCC(/C=N/[S+]([O-])C(C)(C)C)(CF)CC1. The summed E-state index contributed by atoms with van der Waals surface area (Å²) in [5, 5.41) is 0. The fraction of sp³-hybridized carbons (Fsp3) is 0.875. The summed E-state index contributed by atoms with van der Waals surface area (Å²) in [4.78, 5) is 13.6. The van der Waals surface area contributed by atoms with E-state index in [9.17, 15) is 13.7 Å². The molecule has 0 aromatic rings. The molecular weight excluding hydrogens is 319 g/mol. The Morgan fingerprint density at radius 1 is 1.30 bits per heavy atom. The van der Waals surface area contributed by atoms with Crippen LogP contribution in [0.3, 0.4) is 0 Å². The fourth-order valence-corrected chi connectivity index (χ4v) is 2.71. The Balaban J connectivity index is 2.67. The van der Waals surface area contributed by atoms with Crippen LogP contribution in [0.2, 0.25) is 0 Å². The topological polar surface area (TPSA) is 65.0 Å². The number of nitrogens with zero attached hydrogens (tertiary/aromatic N) is 2. The monoisotopic (exact) mass is 348 g/mol. The number of likely N-dealkylation sites (tertiary alicyclic amines) is 1. The van der Waals surface area contributed by atoms with E-state index in [0.717, 1.165) is 0 Å². The Hall–Kier alpha value is -0.820. The number of amides is 1. The number of hydrogen-bond donors (Lipinski definition) is 0. The van der Waals surface area contributed by atoms with Gasteiger partial charge in [0.15, 0.2) is 0 Å². The molecule has 0 spiro atoms. The third-order valence-electron chi connectivity index (χ3n) is 3.62. The van der Waals surface area contributed by atoms with Gasteiger partial charge >= 0.3 is 6.09 Å². The van der Waals surface area contributed by atoms with Crippen molar-refractivity contribution in [2.45, 2.75) is 64.7 Å². The molecule has 1 aliphatic rings. The lowest BCUT2D eigenvalue weighted by molar-refractivity contribution is 0.0143. The Morgan fingerprint density at radius 2 is 1.83 bits per heavy atom. The lowest BCUT2D eigenvalue weighted by Gasteiger charge is -2.38. The van der Waals surface area contributed by atoms with Gasteiger partial charge in [0.05, 0.1) is 6.21 Å². The Morgan fingerprint density at radius 3 is 2.22 bits per heavy atom. The van der Waals surface area contributed by atoms with Gasteiger partial charge in [0.1, 0.15) is 28.4 Å². The van der Waals surface area contributed by atoms with Crippen molar-refractivity contribution in [2.75, 3.05) is 19.8 Å². The number of halogens is 1. The van der Waals surface area contributed by atoms with E-state index >= 15 is 0 Å². The summed E-state index contributed by atoms with van der Waals surface area (Å²) in [6.07, 6.45) is 2.03. The predicted molar refractivity (Wildman–Crippen MR) is 91.8 cm³/mol. The molecule has 1 atom stereocenters. The number of ether oxygens (including phenoxy) is 1. The van der Waals surface area contributed by atoms with Crippen LogP contribution in [0.1, 0.15) is 54.4 Å². The molecule has 1 aliphatic heterocycles. The molecule has 1 unspecified atom stereocenters. The van der Waals surface area contributed by atoms with Gasteiger partial charge in [-0.15, -0.1) is 0 Å². The predicted octanol–water partition coefficient (Wildman–Crippen LogP) is 3.51. The molecule has 0 aliphatic carbocycles. The number of piperidine rings is 1. The molecule has 1 rings (SSSR count). The molecule has 0 aromatic carbocycles. The Labute approximate surface area is 142 Å². The summed E-state index contributed by atoms with van der Waals surface area (Å²) < 4.78 is 34.5. The highest BCUT2D eigenvalue weighted by Crippen LogP contribution is 2.32. The molecule has 1 heterocycles. The van der Waals surface area contributed by atoms with Crippen LogP contribution in [0.4, 0.5) is 9.18 Å². The molecule has 0 N–H and O–H groups in total. The molecule has 0 aromatic heterocycles. The first-order valence-electron chi connectivity index (χ1n) is 7.90. The summed E-state index contributed by atoms with van der Waals surface area (Å²) in [7, 11) is 0. The van der Waals surface area contributed by atoms with Gasteiger partial charge < -0.3 is 14.2 Å². The van der Waals surface area contributed by atoms with Crippen molar-refractivity contribution >= 4 is 23.7 Å². The lowest BCUT2D eigenvalue weighted by atomic mass is 9.81. The van der Waals surface area contributed by atoms with E-state index in [-0.39, 0.29) is 6.09 Å². The Bertz CT molecular complexity index is 436. The summed E-state index contributed by atoms with van der Waals surface area (Å²) in [5.74, 6) is 0. The van der Waals surface area contributed by atoms with Crippen molar-refractivity contribution in [3.63, 3.8) is 0 Å². The quantitative estimate of drug-likeness (QED) is 0.579. The highest BCUT2D eigenvalue weighted by atomic mass is 32.2. The van der Waals surface area contributed by atoms with Crippen molar-refractivity contribution in [3.05, 3.63) is 0 Å². The second kappa shape index (κ2) is 7.38. The van der Waals surface area contributed by atoms with Crippen molar-refractivity contribution in [3.8, 4) is 0 Å². The van der Waals surface area contributed by atoms with Crippen LogP contribution in [0.25, 0.3) is 0 Å². The highest BCUT2D eigenvalue weighted by molar-refractivity contribution is 7.91. The van der Waals surface area contributed by atoms with E-state index in [1.54, 1.807) is 4.90 Å². The summed E-state index contributed by atoms with van der Waals surface area (Å²) in [6.45, 7) is 11.2. The van der Waals surface area contributed by atoms with Gasteiger partial charge in [-0.3, -0.25) is 4.39 Å². The molecule has 1 amide bonds. The molecule has 23 heavy (non-hydrogen) atoms. The third kappa shape index (κ3) is 6.30. The maximum absolute atomic E-state index is 13.6.